The lowest BCUT2D eigenvalue weighted by Crippen LogP contribution is -2.24. The molecule has 0 aromatic heterocycles. The van der Waals surface area contributed by atoms with Crippen molar-refractivity contribution in [2.75, 3.05) is 0 Å². The summed E-state index contributed by atoms with van der Waals surface area (Å²) in [6.45, 7) is 7.69. The second-order valence-electron chi connectivity index (χ2n) is 5.52. The van der Waals surface area contributed by atoms with Crippen LogP contribution in [0.5, 0.6) is 5.75 Å². The van der Waals surface area contributed by atoms with Crippen molar-refractivity contribution in [3.63, 3.8) is 0 Å². The number of Topliss-reactive ketones (excluding diaryl/α,β-unsaturated/α-hetero) is 1. The molecule has 0 fully saturated rings. The van der Waals surface area contributed by atoms with Crippen molar-refractivity contribution in [2.24, 2.45) is 0 Å². The highest BCUT2D eigenvalue weighted by Gasteiger charge is 2.19. The number of ketones is 1. The van der Waals surface area contributed by atoms with Gasteiger partial charge in [-0.2, -0.15) is 5.26 Å². The molecule has 0 aliphatic rings. The van der Waals surface area contributed by atoms with Crippen molar-refractivity contribution < 1.29 is 9.53 Å². The molecule has 0 spiro atoms. The Morgan fingerprint density at radius 2 is 1.77 bits per heavy atom. The summed E-state index contributed by atoms with van der Waals surface area (Å²) in [6, 6.07) is 12.8. The maximum Gasteiger partial charge on any atom is 0.203 e. The first-order valence-corrected chi connectivity index (χ1v) is 7.21. The second kappa shape index (κ2) is 6.44. The van der Waals surface area contributed by atoms with E-state index in [-0.39, 0.29) is 5.78 Å². The summed E-state index contributed by atoms with van der Waals surface area (Å²) in [5.74, 6) is 0.476. The van der Waals surface area contributed by atoms with E-state index in [0.29, 0.717) is 16.9 Å². The lowest BCUT2D eigenvalue weighted by Gasteiger charge is -2.16. The molecule has 0 aliphatic carbocycles. The lowest BCUT2D eigenvalue weighted by atomic mass is 9.96. The fraction of sp³-hybridized carbons (Fsp3) is 0.263. The van der Waals surface area contributed by atoms with Crippen LogP contribution in [-0.4, -0.2) is 11.9 Å². The monoisotopic (exact) mass is 293 g/mol. The molecular formula is C19H19NO2. The van der Waals surface area contributed by atoms with Crippen molar-refractivity contribution in [2.45, 2.75) is 33.8 Å². The van der Waals surface area contributed by atoms with E-state index in [1.165, 1.54) is 5.56 Å². The van der Waals surface area contributed by atoms with Gasteiger partial charge in [-0.15, -0.1) is 0 Å². The van der Waals surface area contributed by atoms with Gasteiger partial charge in [0.25, 0.3) is 0 Å². The number of aryl methyl sites for hydroxylation is 3. The SMILES string of the molecule is Cc1cc(C)c(C(=O)C(C)Oc2cccc(C#N)c2)cc1C. The Labute approximate surface area is 131 Å². The average Bonchev–Trinajstić information content (AvgIpc) is 2.50. The van der Waals surface area contributed by atoms with Gasteiger partial charge in [-0.3, -0.25) is 4.79 Å². The van der Waals surface area contributed by atoms with Gasteiger partial charge in [0.2, 0.25) is 5.78 Å². The van der Waals surface area contributed by atoms with E-state index in [4.69, 9.17) is 10.00 Å². The number of carbonyl (C=O) groups is 1. The van der Waals surface area contributed by atoms with Gasteiger partial charge in [0.15, 0.2) is 6.10 Å². The molecule has 0 radical (unpaired) electrons. The van der Waals surface area contributed by atoms with Crippen molar-refractivity contribution >= 4 is 5.78 Å². The average molecular weight is 293 g/mol. The van der Waals surface area contributed by atoms with E-state index in [0.717, 1.165) is 11.1 Å². The van der Waals surface area contributed by atoms with Gasteiger partial charge in [0.05, 0.1) is 11.6 Å². The molecule has 3 heteroatoms. The van der Waals surface area contributed by atoms with Crippen LogP contribution in [0.15, 0.2) is 36.4 Å². The van der Waals surface area contributed by atoms with Gasteiger partial charge < -0.3 is 4.74 Å². The van der Waals surface area contributed by atoms with E-state index < -0.39 is 6.10 Å². The third-order valence-corrected chi connectivity index (χ3v) is 3.75. The minimum absolute atomic E-state index is 0.0528. The van der Waals surface area contributed by atoms with Crippen LogP contribution in [0.4, 0.5) is 0 Å². The molecule has 0 bridgehead atoms. The maximum absolute atomic E-state index is 12.6. The summed E-state index contributed by atoms with van der Waals surface area (Å²) >= 11 is 0. The maximum atomic E-state index is 12.6. The van der Waals surface area contributed by atoms with Crippen LogP contribution in [0.25, 0.3) is 0 Å². The van der Waals surface area contributed by atoms with E-state index in [1.54, 1.807) is 31.2 Å². The number of nitrogens with zero attached hydrogens (tertiary/aromatic N) is 1. The van der Waals surface area contributed by atoms with Crippen LogP contribution in [0, 0.1) is 32.1 Å². The number of rotatable bonds is 4. The quantitative estimate of drug-likeness (QED) is 0.796. The van der Waals surface area contributed by atoms with Gasteiger partial charge in [-0.1, -0.05) is 12.1 Å². The van der Waals surface area contributed by atoms with Crippen molar-refractivity contribution in [3.05, 3.63) is 64.2 Å². The molecule has 0 aliphatic heterocycles. The van der Waals surface area contributed by atoms with E-state index in [9.17, 15) is 4.79 Å². The van der Waals surface area contributed by atoms with Gasteiger partial charge in [0, 0.05) is 5.56 Å². The van der Waals surface area contributed by atoms with Crippen LogP contribution in [0.3, 0.4) is 0 Å². The van der Waals surface area contributed by atoms with Gasteiger partial charge in [0.1, 0.15) is 5.75 Å². The molecule has 0 N–H and O–H groups in total. The highest BCUT2D eigenvalue weighted by atomic mass is 16.5. The number of hydrogen-bond acceptors (Lipinski definition) is 3. The number of ether oxygens (including phenoxy) is 1. The number of benzene rings is 2. The van der Waals surface area contributed by atoms with Crippen LogP contribution in [-0.2, 0) is 0 Å². The zero-order valence-electron chi connectivity index (χ0n) is 13.3. The molecule has 2 aromatic rings. The highest BCUT2D eigenvalue weighted by molar-refractivity contribution is 6.00. The molecule has 1 unspecified atom stereocenters. The first kappa shape index (κ1) is 15.8. The first-order valence-electron chi connectivity index (χ1n) is 7.21. The number of hydrogen-bond donors (Lipinski definition) is 0. The van der Waals surface area contributed by atoms with Crippen LogP contribution in [0.2, 0.25) is 0 Å². The number of nitriles is 1. The van der Waals surface area contributed by atoms with Crippen molar-refractivity contribution in [3.8, 4) is 11.8 Å². The Kier molecular flexibility index (Phi) is 4.62. The van der Waals surface area contributed by atoms with Crippen molar-refractivity contribution in [1.29, 1.82) is 5.26 Å². The standard InChI is InChI=1S/C19H19NO2/c1-12-8-14(3)18(9-13(12)2)19(21)15(4)22-17-7-5-6-16(10-17)11-20/h5-10,15H,1-4H3. The summed E-state index contributed by atoms with van der Waals surface area (Å²) in [5, 5.41) is 8.90. The highest BCUT2D eigenvalue weighted by Crippen LogP contribution is 2.20. The molecular weight excluding hydrogens is 274 g/mol. The van der Waals surface area contributed by atoms with Crippen LogP contribution in [0.1, 0.15) is 39.5 Å². The molecule has 2 rings (SSSR count). The van der Waals surface area contributed by atoms with Gasteiger partial charge in [-0.05, 0) is 68.7 Å². The summed E-state index contributed by atoms with van der Waals surface area (Å²) in [6.07, 6.45) is -0.602. The molecule has 0 saturated carbocycles. The van der Waals surface area contributed by atoms with E-state index >= 15 is 0 Å². The molecule has 2 aromatic carbocycles. The zero-order chi connectivity index (χ0) is 16.3. The molecule has 0 heterocycles. The Bertz CT molecular complexity index is 757. The fourth-order valence-electron chi connectivity index (χ4n) is 2.34. The molecule has 3 nitrogen and oxygen atoms in total. The van der Waals surface area contributed by atoms with Crippen LogP contribution < -0.4 is 4.74 Å². The molecule has 112 valence electrons. The summed E-state index contributed by atoms with van der Waals surface area (Å²) in [7, 11) is 0. The van der Waals surface area contributed by atoms with Gasteiger partial charge in [-0.25, -0.2) is 0 Å². The minimum atomic E-state index is -0.602. The van der Waals surface area contributed by atoms with Gasteiger partial charge >= 0.3 is 0 Å². The Hall–Kier alpha value is -2.60. The van der Waals surface area contributed by atoms with Crippen LogP contribution >= 0.6 is 0 Å². The predicted octanol–water partition coefficient (Wildman–Crippen LogP) is 4.13. The third-order valence-electron chi connectivity index (χ3n) is 3.75. The molecule has 0 saturated heterocycles. The normalized spacial score (nSPS) is 11.6. The van der Waals surface area contributed by atoms with Crippen molar-refractivity contribution in [1.82, 2.24) is 0 Å². The minimum Gasteiger partial charge on any atom is -0.483 e. The summed E-state index contributed by atoms with van der Waals surface area (Å²) < 4.78 is 5.70. The Morgan fingerprint density at radius 1 is 1.09 bits per heavy atom. The smallest absolute Gasteiger partial charge is 0.203 e. The Morgan fingerprint density at radius 3 is 2.45 bits per heavy atom. The predicted molar refractivity (Wildman–Crippen MR) is 86.2 cm³/mol. The summed E-state index contributed by atoms with van der Waals surface area (Å²) in [4.78, 5) is 12.6. The largest absolute Gasteiger partial charge is 0.483 e. The first-order chi connectivity index (χ1) is 10.4. The fourth-order valence-corrected chi connectivity index (χ4v) is 2.34. The molecule has 22 heavy (non-hydrogen) atoms. The lowest BCUT2D eigenvalue weighted by molar-refractivity contribution is 0.0817. The zero-order valence-corrected chi connectivity index (χ0v) is 13.3. The summed E-state index contributed by atoms with van der Waals surface area (Å²) in [5.41, 5.74) is 4.41. The number of carbonyl (C=O) groups excluding carboxylic acids is 1. The second-order valence-corrected chi connectivity index (χ2v) is 5.52. The van der Waals surface area contributed by atoms with E-state index in [1.807, 2.05) is 32.9 Å². The van der Waals surface area contributed by atoms with E-state index in [2.05, 4.69) is 6.07 Å². The molecule has 1 atom stereocenters. The third kappa shape index (κ3) is 3.35. The topological polar surface area (TPSA) is 50.1 Å². The Balaban J connectivity index is 2.22. The molecule has 0 amide bonds.